The summed E-state index contributed by atoms with van der Waals surface area (Å²) >= 11 is 5.89. The Bertz CT molecular complexity index is 1170. The van der Waals surface area contributed by atoms with Crippen LogP contribution in [0.25, 0.3) is 22.4 Å². The molecule has 0 saturated carbocycles. The molecule has 2 aromatic heterocycles. The zero-order valence-corrected chi connectivity index (χ0v) is 14.8. The van der Waals surface area contributed by atoms with Crippen LogP contribution in [0.3, 0.4) is 0 Å². The molecule has 0 aliphatic carbocycles. The Morgan fingerprint density at radius 2 is 1.74 bits per heavy atom. The van der Waals surface area contributed by atoms with Crippen molar-refractivity contribution >= 4 is 22.8 Å². The first-order valence-electron chi connectivity index (χ1n) is 8.03. The van der Waals surface area contributed by atoms with Gasteiger partial charge in [0.15, 0.2) is 5.65 Å². The van der Waals surface area contributed by atoms with Gasteiger partial charge >= 0.3 is 0 Å². The molecule has 0 saturated heterocycles. The number of hydrogen-bond acceptors (Lipinski definition) is 3. The first-order valence-corrected chi connectivity index (χ1v) is 8.41. The molecule has 0 N–H and O–H groups in total. The van der Waals surface area contributed by atoms with Crippen LogP contribution in [0.15, 0.2) is 42.5 Å². The Balaban J connectivity index is 1.79. The molecular formula is C19H12ClF3N4. The minimum atomic E-state index is -0.721. The second-order valence-corrected chi connectivity index (χ2v) is 6.45. The van der Waals surface area contributed by atoms with Crippen molar-refractivity contribution in [3.8, 4) is 11.3 Å². The minimum absolute atomic E-state index is 0.0444. The van der Waals surface area contributed by atoms with Crippen LogP contribution in [0.1, 0.15) is 11.1 Å². The van der Waals surface area contributed by atoms with E-state index in [0.29, 0.717) is 28.0 Å². The molecule has 8 heteroatoms. The van der Waals surface area contributed by atoms with Crippen molar-refractivity contribution in [3.05, 3.63) is 76.1 Å². The molecule has 0 unspecified atom stereocenters. The average molecular weight is 389 g/mol. The van der Waals surface area contributed by atoms with E-state index in [2.05, 4.69) is 15.3 Å². The van der Waals surface area contributed by atoms with Crippen LogP contribution in [0.5, 0.6) is 0 Å². The van der Waals surface area contributed by atoms with Crippen LogP contribution in [0, 0.1) is 24.4 Å². The molecule has 0 fully saturated rings. The van der Waals surface area contributed by atoms with Gasteiger partial charge in [0.05, 0.1) is 17.3 Å². The van der Waals surface area contributed by atoms with Gasteiger partial charge in [-0.2, -0.15) is 0 Å². The summed E-state index contributed by atoms with van der Waals surface area (Å²) in [6.45, 7) is 1.53. The highest BCUT2D eigenvalue weighted by Gasteiger charge is 2.16. The van der Waals surface area contributed by atoms with E-state index in [-0.39, 0.29) is 22.9 Å². The van der Waals surface area contributed by atoms with Crippen molar-refractivity contribution < 1.29 is 13.2 Å². The summed E-state index contributed by atoms with van der Waals surface area (Å²) in [4.78, 5) is 4.47. The van der Waals surface area contributed by atoms with Gasteiger partial charge in [0, 0.05) is 11.1 Å². The van der Waals surface area contributed by atoms with Gasteiger partial charge in [-0.15, -0.1) is 5.10 Å². The van der Waals surface area contributed by atoms with E-state index in [0.717, 1.165) is 12.1 Å². The molecular weight excluding hydrogens is 377 g/mol. The Kier molecular flexibility index (Phi) is 4.31. The van der Waals surface area contributed by atoms with Crippen LogP contribution < -0.4 is 0 Å². The van der Waals surface area contributed by atoms with Crippen molar-refractivity contribution in [1.29, 1.82) is 0 Å². The summed E-state index contributed by atoms with van der Waals surface area (Å²) in [6.07, 6.45) is 0. The first kappa shape index (κ1) is 17.5. The van der Waals surface area contributed by atoms with Gasteiger partial charge in [0.25, 0.3) is 0 Å². The lowest BCUT2D eigenvalue weighted by molar-refractivity contribution is 0.565. The number of pyridine rings is 1. The number of benzene rings is 2. The van der Waals surface area contributed by atoms with Gasteiger partial charge in [0.1, 0.15) is 23.0 Å². The van der Waals surface area contributed by atoms with Crippen LogP contribution in [0.4, 0.5) is 13.2 Å². The molecule has 4 aromatic rings. The van der Waals surface area contributed by atoms with Crippen LogP contribution in [-0.2, 0) is 6.54 Å². The highest BCUT2D eigenvalue weighted by Crippen LogP contribution is 2.26. The zero-order valence-electron chi connectivity index (χ0n) is 14.0. The maximum atomic E-state index is 14.1. The molecule has 0 bridgehead atoms. The summed E-state index contributed by atoms with van der Waals surface area (Å²) in [5.74, 6) is -1.71. The lowest BCUT2D eigenvalue weighted by atomic mass is 10.1. The number of fused-ring (bicyclic) bond motifs is 1. The smallest absolute Gasteiger partial charge is 0.179 e. The largest absolute Gasteiger partial charge is 0.227 e. The monoisotopic (exact) mass is 388 g/mol. The highest BCUT2D eigenvalue weighted by atomic mass is 35.5. The number of aromatic nitrogens is 4. The Morgan fingerprint density at radius 3 is 2.52 bits per heavy atom. The predicted octanol–water partition coefficient (Wildman–Crippen LogP) is 4.92. The molecule has 0 aliphatic rings. The first-order chi connectivity index (χ1) is 12.9. The van der Waals surface area contributed by atoms with Gasteiger partial charge in [-0.05, 0) is 42.8 Å². The molecule has 0 amide bonds. The Morgan fingerprint density at radius 1 is 0.963 bits per heavy atom. The van der Waals surface area contributed by atoms with E-state index in [1.165, 1.54) is 10.7 Å². The topological polar surface area (TPSA) is 43.6 Å². The fourth-order valence-corrected chi connectivity index (χ4v) is 2.95. The SMILES string of the molecule is Cc1ccc(-c2ccc3nnn(Cc4c(F)ccc(F)c4Cl)c3n2)cc1F. The van der Waals surface area contributed by atoms with E-state index in [1.54, 1.807) is 31.2 Å². The lowest BCUT2D eigenvalue weighted by Gasteiger charge is -2.08. The third-order valence-corrected chi connectivity index (χ3v) is 4.68. The van der Waals surface area contributed by atoms with Gasteiger partial charge < -0.3 is 0 Å². The number of hydrogen-bond donors (Lipinski definition) is 0. The maximum absolute atomic E-state index is 14.1. The highest BCUT2D eigenvalue weighted by molar-refractivity contribution is 6.31. The van der Waals surface area contributed by atoms with E-state index in [9.17, 15) is 13.2 Å². The predicted molar refractivity (Wildman–Crippen MR) is 95.9 cm³/mol. The molecule has 136 valence electrons. The van der Waals surface area contributed by atoms with E-state index < -0.39 is 11.6 Å². The van der Waals surface area contributed by atoms with Crippen molar-refractivity contribution in [2.45, 2.75) is 13.5 Å². The number of halogens is 4. The molecule has 2 aromatic carbocycles. The van der Waals surface area contributed by atoms with Crippen LogP contribution >= 0.6 is 11.6 Å². The van der Waals surface area contributed by atoms with Gasteiger partial charge in [0.2, 0.25) is 0 Å². The third kappa shape index (κ3) is 3.14. The summed E-state index contributed by atoms with van der Waals surface area (Å²) < 4.78 is 42.9. The minimum Gasteiger partial charge on any atom is -0.227 e. The second-order valence-electron chi connectivity index (χ2n) is 6.07. The normalized spacial score (nSPS) is 11.3. The maximum Gasteiger partial charge on any atom is 0.179 e. The fraction of sp³-hybridized carbons (Fsp3) is 0.105. The fourth-order valence-electron chi connectivity index (χ4n) is 2.74. The Labute approximate surface area is 157 Å². The van der Waals surface area contributed by atoms with Gasteiger partial charge in [-0.25, -0.2) is 22.8 Å². The van der Waals surface area contributed by atoms with E-state index >= 15 is 0 Å². The van der Waals surface area contributed by atoms with Crippen molar-refractivity contribution in [2.24, 2.45) is 0 Å². The average Bonchev–Trinajstić information content (AvgIpc) is 3.06. The van der Waals surface area contributed by atoms with Crippen molar-refractivity contribution in [3.63, 3.8) is 0 Å². The Hall–Kier alpha value is -2.93. The lowest BCUT2D eigenvalue weighted by Crippen LogP contribution is -2.06. The third-order valence-electron chi connectivity index (χ3n) is 4.27. The summed E-state index contributed by atoms with van der Waals surface area (Å²) in [5.41, 5.74) is 2.41. The van der Waals surface area contributed by atoms with Crippen molar-refractivity contribution in [1.82, 2.24) is 20.0 Å². The summed E-state index contributed by atoms with van der Waals surface area (Å²) in [6, 6.07) is 10.1. The molecule has 4 rings (SSSR count). The van der Waals surface area contributed by atoms with Gasteiger partial charge in [-0.1, -0.05) is 28.9 Å². The van der Waals surface area contributed by atoms with Crippen LogP contribution in [-0.4, -0.2) is 20.0 Å². The number of nitrogens with zero attached hydrogens (tertiary/aromatic N) is 4. The molecule has 2 heterocycles. The number of rotatable bonds is 3. The summed E-state index contributed by atoms with van der Waals surface area (Å²) in [7, 11) is 0. The molecule has 0 spiro atoms. The molecule has 0 radical (unpaired) electrons. The molecule has 0 atom stereocenters. The second kappa shape index (κ2) is 6.66. The van der Waals surface area contributed by atoms with Crippen molar-refractivity contribution in [2.75, 3.05) is 0 Å². The van der Waals surface area contributed by atoms with Gasteiger partial charge in [-0.3, -0.25) is 0 Å². The molecule has 0 aliphatic heterocycles. The number of aryl methyl sites for hydroxylation is 1. The molecule has 27 heavy (non-hydrogen) atoms. The quantitative estimate of drug-likeness (QED) is 0.468. The van der Waals surface area contributed by atoms with Crippen LogP contribution in [0.2, 0.25) is 5.02 Å². The molecule has 4 nitrogen and oxygen atoms in total. The summed E-state index contributed by atoms with van der Waals surface area (Å²) in [5, 5.41) is 7.62. The van der Waals surface area contributed by atoms with E-state index in [1.807, 2.05) is 0 Å². The zero-order chi connectivity index (χ0) is 19.1. The van der Waals surface area contributed by atoms with E-state index in [4.69, 9.17) is 11.6 Å². The standard InChI is InChI=1S/C19H12ClF3N4/c1-10-2-3-11(8-15(10)23)16-6-7-17-19(24-16)27(26-25-17)9-12-13(21)4-5-14(22)18(12)20/h2-8H,9H2,1H3.